The molecular formula is C13H11F2NOS. The molecule has 2 aromatic rings. The Morgan fingerprint density at radius 3 is 2.72 bits per heavy atom. The minimum Gasteiger partial charge on any atom is -0.317 e. The fourth-order valence-electron chi connectivity index (χ4n) is 1.59. The number of ketones is 1. The highest BCUT2D eigenvalue weighted by Crippen LogP contribution is 2.20. The first-order valence-electron chi connectivity index (χ1n) is 5.33. The zero-order valence-corrected chi connectivity index (χ0v) is 10.2. The summed E-state index contributed by atoms with van der Waals surface area (Å²) in [6.07, 6.45) is -0.134. The third-order valence-electron chi connectivity index (χ3n) is 2.58. The molecule has 0 fully saturated rings. The molecule has 1 aromatic heterocycles. The highest BCUT2D eigenvalue weighted by atomic mass is 32.1. The largest absolute Gasteiger partial charge is 0.317 e. The van der Waals surface area contributed by atoms with Crippen LogP contribution in [0.1, 0.15) is 16.5 Å². The van der Waals surface area contributed by atoms with Crippen LogP contribution in [-0.4, -0.2) is 5.78 Å². The van der Waals surface area contributed by atoms with Gasteiger partial charge in [0, 0.05) is 17.4 Å². The molecule has 0 spiro atoms. The minimum atomic E-state index is -0.755. The zero-order valence-electron chi connectivity index (χ0n) is 9.40. The molecular weight excluding hydrogens is 256 g/mol. The van der Waals surface area contributed by atoms with E-state index in [0.717, 1.165) is 17.0 Å². The Morgan fingerprint density at radius 1 is 1.33 bits per heavy atom. The van der Waals surface area contributed by atoms with Gasteiger partial charge in [-0.25, -0.2) is 8.78 Å². The lowest BCUT2D eigenvalue weighted by molar-refractivity contribution is -0.119. The summed E-state index contributed by atoms with van der Waals surface area (Å²) in [5.41, 5.74) is 5.94. The van der Waals surface area contributed by atoms with E-state index in [2.05, 4.69) is 0 Å². The average molecular weight is 267 g/mol. The number of nitrogens with two attached hydrogens (primary N) is 1. The van der Waals surface area contributed by atoms with Gasteiger partial charge in [-0.15, -0.1) is 11.3 Å². The Kier molecular flexibility index (Phi) is 3.84. The average Bonchev–Trinajstić information content (AvgIpc) is 2.85. The van der Waals surface area contributed by atoms with E-state index in [9.17, 15) is 13.6 Å². The van der Waals surface area contributed by atoms with Gasteiger partial charge in [0.1, 0.15) is 11.6 Å². The van der Waals surface area contributed by atoms with E-state index in [0.29, 0.717) is 0 Å². The number of Topliss-reactive ketones (excluding diaryl/α,β-unsaturated/α-hetero) is 1. The maximum absolute atomic E-state index is 13.4. The summed E-state index contributed by atoms with van der Waals surface area (Å²) in [6, 6.07) is 5.96. The number of thiophene rings is 1. The lowest BCUT2D eigenvalue weighted by Crippen LogP contribution is -2.22. The van der Waals surface area contributed by atoms with E-state index in [4.69, 9.17) is 5.73 Å². The number of rotatable bonds is 4. The van der Waals surface area contributed by atoms with E-state index < -0.39 is 17.7 Å². The summed E-state index contributed by atoms with van der Waals surface area (Å²) < 4.78 is 26.1. The first-order valence-corrected chi connectivity index (χ1v) is 6.21. The molecule has 0 bridgehead atoms. The third kappa shape index (κ3) is 2.80. The quantitative estimate of drug-likeness (QED) is 0.925. The van der Waals surface area contributed by atoms with Crippen molar-refractivity contribution in [2.75, 3.05) is 0 Å². The van der Waals surface area contributed by atoms with Crippen molar-refractivity contribution in [3.8, 4) is 0 Å². The van der Waals surface area contributed by atoms with Gasteiger partial charge < -0.3 is 5.73 Å². The number of carbonyl (C=O) groups excluding carboxylic acids is 1. The molecule has 0 aliphatic carbocycles. The maximum atomic E-state index is 13.4. The molecule has 5 heteroatoms. The second-order valence-electron chi connectivity index (χ2n) is 3.87. The van der Waals surface area contributed by atoms with Gasteiger partial charge in [0.2, 0.25) is 0 Å². The number of carbonyl (C=O) groups is 1. The number of hydrogen-bond acceptors (Lipinski definition) is 3. The van der Waals surface area contributed by atoms with E-state index >= 15 is 0 Å². The van der Waals surface area contributed by atoms with Crippen LogP contribution in [0.2, 0.25) is 0 Å². The highest BCUT2D eigenvalue weighted by molar-refractivity contribution is 7.10. The Bertz CT molecular complexity index is 554. The lowest BCUT2D eigenvalue weighted by Gasteiger charge is -2.09. The molecule has 0 saturated carbocycles. The van der Waals surface area contributed by atoms with Crippen LogP contribution < -0.4 is 5.73 Å². The van der Waals surface area contributed by atoms with Gasteiger partial charge in [-0.1, -0.05) is 12.1 Å². The van der Waals surface area contributed by atoms with Crippen molar-refractivity contribution in [1.29, 1.82) is 0 Å². The van der Waals surface area contributed by atoms with Gasteiger partial charge in [0.05, 0.1) is 6.04 Å². The number of hydrogen-bond donors (Lipinski definition) is 1. The van der Waals surface area contributed by atoms with E-state index in [1.54, 1.807) is 12.1 Å². The van der Waals surface area contributed by atoms with Crippen LogP contribution in [-0.2, 0) is 11.2 Å². The molecule has 1 atom stereocenters. The first kappa shape index (κ1) is 12.9. The summed E-state index contributed by atoms with van der Waals surface area (Å²) >= 11 is 1.38. The van der Waals surface area contributed by atoms with Gasteiger partial charge in [-0.05, 0) is 23.1 Å². The van der Waals surface area contributed by atoms with Crippen LogP contribution in [0.5, 0.6) is 0 Å². The van der Waals surface area contributed by atoms with Crippen LogP contribution in [0, 0.1) is 11.6 Å². The summed E-state index contributed by atoms with van der Waals surface area (Å²) in [5.74, 6) is -1.67. The van der Waals surface area contributed by atoms with Crippen LogP contribution in [0.25, 0.3) is 0 Å². The summed E-state index contributed by atoms with van der Waals surface area (Å²) in [5, 5.41) is 1.82. The minimum absolute atomic E-state index is 0.134. The Balaban J connectivity index is 2.12. The molecule has 94 valence electrons. The maximum Gasteiger partial charge on any atom is 0.159 e. The predicted octanol–water partition coefficient (Wildman–Crippen LogP) is 2.84. The summed E-state index contributed by atoms with van der Waals surface area (Å²) in [4.78, 5) is 12.6. The molecule has 0 aliphatic heterocycles. The molecule has 0 aliphatic rings. The van der Waals surface area contributed by atoms with Crippen molar-refractivity contribution in [1.82, 2.24) is 0 Å². The molecule has 1 heterocycles. The van der Waals surface area contributed by atoms with E-state index in [1.807, 2.05) is 5.38 Å². The van der Waals surface area contributed by atoms with Crippen LogP contribution >= 0.6 is 11.3 Å². The number of halogens is 2. The third-order valence-corrected chi connectivity index (χ3v) is 3.53. The van der Waals surface area contributed by atoms with Gasteiger partial charge in [-0.3, -0.25) is 4.79 Å². The van der Waals surface area contributed by atoms with Crippen molar-refractivity contribution in [2.45, 2.75) is 12.5 Å². The van der Waals surface area contributed by atoms with Crippen molar-refractivity contribution in [3.05, 3.63) is 57.8 Å². The molecule has 18 heavy (non-hydrogen) atoms. The van der Waals surface area contributed by atoms with Gasteiger partial charge in [0.15, 0.2) is 5.78 Å². The van der Waals surface area contributed by atoms with Crippen LogP contribution in [0.4, 0.5) is 8.78 Å². The topological polar surface area (TPSA) is 43.1 Å². The Hall–Kier alpha value is -1.59. The lowest BCUT2D eigenvalue weighted by atomic mass is 10.0. The fourth-order valence-corrected chi connectivity index (χ4v) is 2.34. The second kappa shape index (κ2) is 5.37. The summed E-state index contributed by atoms with van der Waals surface area (Å²) in [6.45, 7) is 0. The van der Waals surface area contributed by atoms with Gasteiger partial charge in [-0.2, -0.15) is 0 Å². The SMILES string of the molecule is NC(C(=O)Cc1ccc(F)cc1F)c1cccs1. The standard InChI is InChI=1S/C13H11F2NOS/c14-9-4-3-8(10(15)7-9)6-11(17)13(16)12-2-1-5-18-12/h1-5,7,13H,6,16H2. The molecule has 2 rings (SSSR count). The molecule has 0 radical (unpaired) electrons. The smallest absolute Gasteiger partial charge is 0.159 e. The normalized spacial score (nSPS) is 12.4. The van der Waals surface area contributed by atoms with Crippen LogP contribution in [0.3, 0.4) is 0 Å². The number of benzene rings is 1. The fraction of sp³-hybridized carbons (Fsp3) is 0.154. The molecule has 1 aromatic carbocycles. The Labute approximate surface area is 107 Å². The molecule has 1 unspecified atom stereocenters. The van der Waals surface area contributed by atoms with Gasteiger partial charge >= 0.3 is 0 Å². The second-order valence-corrected chi connectivity index (χ2v) is 4.85. The van der Waals surface area contributed by atoms with E-state index in [1.165, 1.54) is 17.4 Å². The molecule has 0 amide bonds. The van der Waals surface area contributed by atoms with Crippen molar-refractivity contribution >= 4 is 17.1 Å². The van der Waals surface area contributed by atoms with E-state index in [-0.39, 0.29) is 17.8 Å². The Morgan fingerprint density at radius 2 is 2.11 bits per heavy atom. The zero-order chi connectivity index (χ0) is 13.1. The predicted molar refractivity (Wildman–Crippen MR) is 66.3 cm³/mol. The monoisotopic (exact) mass is 267 g/mol. The summed E-state index contributed by atoms with van der Waals surface area (Å²) in [7, 11) is 0. The molecule has 0 saturated heterocycles. The van der Waals surface area contributed by atoms with Crippen molar-refractivity contribution in [3.63, 3.8) is 0 Å². The van der Waals surface area contributed by atoms with Crippen LogP contribution in [0.15, 0.2) is 35.7 Å². The van der Waals surface area contributed by atoms with Gasteiger partial charge in [0.25, 0.3) is 0 Å². The van der Waals surface area contributed by atoms with Crippen molar-refractivity contribution in [2.24, 2.45) is 5.73 Å². The molecule has 2 nitrogen and oxygen atoms in total. The molecule has 2 N–H and O–H groups in total. The van der Waals surface area contributed by atoms with Crippen molar-refractivity contribution < 1.29 is 13.6 Å². The highest BCUT2D eigenvalue weighted by Gasteiger charge is 2.18. The first-order chi connectivity index (χ1) is 8.58.